The standard InChI is InChI=1S/C18H23N3O5S/c22-16(19-20-17(23)11-14-7-9-27(25,26)12-14)10-13-3-5-15(6-4-13)21-8-1-2-18(21)24/h3-6,14H,1-2,7-12H2,(H,19,22)(H,20,23)/t14-/m1/s1. The minimum atomic E-state index is -3.02. The van der Waals surface area contributed by atoms with Gasteiger partial charge in [0.2, 0.25) is 17.7 Å². The molecular weight excluding hydrogens is 370 g/mol. The molecule has 2 N–H and O–H groups in total. The summed E-state index contributed by atoms with van der Waals surface area (Å²) >= 11 is 0. The zero-order valence-corrected chi connectivity index (χ0v) is 15.8. The summed E-state index contributed by atoms with van der Waals surface area (Å²) in [6, 6.07) is 7.19. The molecule has 2 saturated heterocycles. The van der Waals surface area contributed by atoms with Gasteiger partial charge in [0.25, 0.3) is 0 Å². The average Bonchev–Trinajstić information content (AvgIpc) is 3.19. The molecule has 1 aromatic rings. The second-order valence-electron chi connectivity index (χ2n) is 7.06. The number of nitrogens with zero attached hydrogens (tertiary/aromatic N) is 1. The molecule has 27 heavy (non-hydrogen) atoms. The molecule has 0 radical (unpaired) electrons. The molecule has 0 saturated carbocycles. The van der Waals surface area contributed by atoms with Gasteiger partial charge < -0.3 is 4.90 Å². The first kappa shape index (κ1) is 19.3. The number of anilines is 1. The van der Waals surface area contributed by atoms with Crippen LogP contribution < -0.4 is 15.8 Å². The van der Waals surface area contributed by atoms with Crippen molar-refractivity contribution in [3.8, 4) is 0 Å². The summed E-state index contributed by atoms with van der Waals surface area (Å²) in [6.07, 6.45) is 2.08. The molecule has 0 spiro atoms. The van der Waals surface area contributed by atoms with E-state index in [1.807, 2.05) is 12.1 Å². The van der Waals surface area contributed by atoms with Gasteiger partial charge in [-0.3, -0.25) is 25.2 Å². The molecule has 2 fully saturated rings. The van der Waals surface area contributed by atoms with Crippen LogP contribution in [0.3, 0.4) is 0 Å². The average molecular weight is 393 g/mol. The number of nitrogens with one attached hydrogen (secondary N) is 2. The van der Waals surface area contributed by atoms with E-state index in [-0.39, 0.29) is 42.1 Å². The largest absolute Gasteiger partial charge is 0.312 e. The highest BCUT2D eigenvalue weighted by molar-refractivity contribution is 7.91. The molecule has 9 heteroatoms. The fourth-order valence-corrected chi connectivity index (χ4v) is 5.29. The fourth-order valence-electron chi connectivity index (χ4n) is 3.43. The Bertz CT molecular complexity index is 835. The van der Waals surface area contributed by atoms with Crippen molar-refractivity contribution in [3.63, 3.8) is 0 Å². The Morgan fingerprint density at radius 3 is 2.41 bits per heavy atom. The van der Waals surface area contributed by atoms with Crippen LogP contribution in [0.15, 0.2) is 24.3 Å². The molecule has 2 aliphatic heterocycles. The Balaban J connectivity index is 1.42. The zero-order valence-electron chi connectivity index (χ0n) is 14.9. The van der Waals surface area contributed by atoms with E-state index in [2.05, 4.69) is 10.9 Å². The number of hydrazine groups is 1. The second-order valence-corrected chi connectivity index (χ2v) is 9.29. The molecule has 0 aromatic heterocycles. The van der Waals surface area contributed by atoms with Crippen molar-refractivity contribution in [1.29, 1.82) is 0 Å². The summed E-state index contributed by atoms with van der Waals surface area (Å²) in [4.78, 5) is 37.3. The number of hydrogen-bond donors (Lipinski definition) is 2. The fraction of sp³-hybridized carbons (Fsp3) is 0.500. The van der Waals surface area contributed by atoms with Gasteiger partial charge in [-0.2, -0.15) is 0 Å². The summed E-state index contributed by atoms with van der Waals surface area (Å²) in [5, 5.41) is 0. The van der Waals surface area contributed by atoms with Crippen molar-refractivity contribution < 1.29 is 22.8 Å². The maximum atomic E-state index is 12.0. The number of amides is 3. The van der Waals surface area contributed by atoms with Gasteiger partial charge in [-0.25, -0.2) is 8.42 Å². The van der Waals surface area contributed by atoms with Gasteiger partial charge in [0.05, 0.1) is 17.9 Å². The summed E-state index contributed by atoms with van der Waals surface area (Å²) in [6.45, 7) is 0.715. The van der Waals surface area contributed by atoms with Crippen LogP contribution >= 0.6 is 0 Å². The normalized spacial score (nSPS) is 21.3. The highest BCUT2D eigenvalue weighted by Crippen LogP contribution is 2.22. The van der Waals surface area contributed by atoms with E-state index in [4.69, 9.17) is 0 Å². The maximum Gasteiger partial charge on any atom is 0.242 e. The molecule has 8 nitrogen and oxygen atoms in total. The van der Waals surface area contributed by atoms with Gasteiger partial charge in [-0.1, -0.05) is 12.1 Å². The van der Waals surface area contributed by atoms with E-state index < -0.39 is 15.7 Å². The van der Waals surface area contributed by atoms with Crippen molar-refractivity contribution in [3.05, 3.63) is 29.8 Å². The number of carbonyl (C=O) groups excluding carboxylic acids is 3. The highest BCUT2D eigenvalue weighted by Gasteiger charge is 2.29. The molecule has 0 bridgehead atoms. The van der Waals surface area contributed by atoms with E-state index in [0.29, 0.717) is 19.4 Å². The third-order valence-corrected chi connectivity index (χ3v) is 6.67. The molecule has 3 rings (SSSR count). The first-order chi connectivity index (χ1) is 12.8. The van der Waals surface area contributed by atoms with E-state index in [9.17, 15) is 22.8 Å². The lowest BCUT2D eigenvalue weighted by Crippen LogP contribution is -2.43. The summed E-state index contributed by atoms with van der Waals surface area (Å²) < 4.78 is 22.8. The van der Waals surface area contributed by atoms with Crippen molar-refractivity contribution >= 4 is 33.2 Å². The lowest BCUT2D eigenvalue weighted by Gasteiger charge is -2.16. The van der Waals surface area contributed by atoms with Crippen LogP contribution in [-0.4, -0.2) is 44.2 Å². The van der Waals surface area contributed by atoms with Crippen LogP contribution in [0.1, 0.15) is 31.2 Å². The minimum absolute atomic E-state index is 0.0280. The molecule has 146 valence electrons. The highest BCUT2D eigenvalue weighted by atomic mass is 32.2. The van der Waals surface area contributed by atoms with Gasteiger partial charge in [0, 0.05) is 25.1 Å². The molecule has 0 unspecified atom stereocenters. The third kappa shape index (κ3) is 5.29. The van der Waals surface area contributed by atoms with Crippen LogP contribution in [0.25, 0.3) is 0 Å². The zero-order chi connectivity index (χ0) is 19.4. The Kier molecular flexibility index (Phi) is 5.79. The van der Waals surface area contributed by atoms with E-state index in [0.717, 1.165) is 17.7 Å². The molecule has 1 aromatic carbocycles. The Morgan fingerprint density at radius 1 is 1.11 bits per heavy atom. The van der Waals surface area contributed by atoms with Gasteiger partial charge in [-0.15, -0.1) is 0 Å². The maximum absolute atomic E-state index is 12.0. The topological polar surface area (TPSA) is 113 Å². The Labute approximate surface area is 158 Å². The molecular formula is C18H23N3O5S. The molecule has 0 aliphatic carbocycles. The van der Waals surface area contributed by atoms with E-state index >= 15 is 0 Å². The van der Waals surface area contributed by atoms with Crippen LogP contribution in [0.5, 0.6) is 0 Å². The smallest absolute Gasteiger partial charge is 0.242 e. The minimum Gasteiger partial charge on any atom is -0.312 e. The lowest BCUT2D eigenvalue weighted by atomic mass is 10.1. The van der Waals surface area contributed by atoms with E-state index in [1.54, 1.807) is 17.0 Å². The van der Waals surface area contributed by atoms with Crippen LogP contribution in [0, 0.1) is 5.92 Å². The van der Waals surface area contributed by atoms with Gasteiger partial charge in [0.1, 0.15) is 0 Å². The van der Waals surface area contributed by atoms with Crippen molar-refractivity contribution in [1.82, 2.24) is 10.9 Å². The summed E-state index contributed by atoms with van der Waals surface area (Å²) in [7, 11) is -3.02. The van der Waals surface area contributed by atoms with Crippen molar-refractivity contribution in [2.75, 3.05) is 23.0 Å². The molecule has 2 heterocycles. The molecule has 2 aliphatic rings. The van der Waals surface area contributed by atoms with Crippen molar-refractivity contribution in [2.45, 2.75) is 32.1 Å². The van der Waals surface area contributed by atoms with Crippen LogP contribution in [0.4, 0.5) is 5.69 Å². The monoisotopic (exact) mass is 393 g/mol. The summed E-state index contributed by atoms with van der Waals surface area (Å²) in [5.74, 6) is -0.692. The Morgan fingerprint density at radius 2 is 1.81 bits per heavy atom. The lowest BCUT2D eigenvalue weighted by molar-refractivity contribution is -0.129. The predicted octanol–water partition coefficient (Wildman–Crippen LogP) is 0.328. The first-order valence-electron chi connectivity index (χ1n) is 9.00. The predicted molar refractivity (Wildman–Crippen MR) is 99.4 cm³/mol. The number of benzene rings is 1. The van der Waals surface area contributed by atoms with E-state index in [1.165, 1.54) is 0 Å². The van der Waals surface area contributed by atoms with Crippen LogP contribution in [-0.2, 0) is 30.6 Å². The molecule has 3 amide bonds. The second kappa shape index (κ2) is 8.08. The first-order valence-corrected chi connectivity index (χ1v) is 10.8. The summed E-state index contributed by atoms with van der Waals surface area (Å²) in [5.41, 5.74) is 6.27. The Hall–Kier alpha value is -2.42. The van der Waals surface area contributed by atoms with Gasteiger partial charge in [-0.05, 0) is 36.5 Å². The van der Waals surface area contributed by atoms with Crippen molar-refractivity contribution in [2.24, 2.45) is 5.92 Å². The number of carbonyl (C=O) groups is 3. The third-order valence-electron chi connectivity index (χ3n) is 4.83. The van der Waals surface area contributed by atoms with Gasteiger partial charge in [0.15, 0.2) is 9.84 Å². The SMILES string of the molecule is O=C(Cc1ccc(N2CCCC2=O)cc1)NNC(=O)C[C@H]1CCS(=O)(=O)C1. The number of rotatable bonds is 5. The molecule has 1 atom stereocenters. The number of sulfone groups is 1. The van der Waals surface area contributed by atoms with Crippen LogP contribution in [0.2, 0.25) is 0 Å². The quantitative estimate of drug-likeness (QED) is 0.700. The number of hydrogen-bond acceptors (Lipinski definition) is 5. The van der Waals surface area contributed by atoms with Gasteiger partial charge >= 0.3 is 0 Å².